The first-order valence-corrected chi connectivity index (χ1v) is 10.2. The molecule has 0 amide bonds. The fraction of sp³-hybridized carbons (Fsp3) is 0.200. The van der Waals surface area contributed by atoms with Crippen LogP contribution in [-0.2, 0) is 6.54 Å². The Bertz CT molecular complexity index is 1350. The first-order valence-electron chi connectivity index (χ1n) is 10.2. The van der Waals surface area contributed by atoms with Crippen LogP contribution in [0.5, 0.6) is 17.2 Å². The Labute approximate surface area is 190 Å². The Morgan fingerprint density at radius 2 is 1.82 bits per heavy atom. The van der Waals surface area contributed by atoms with E-state index in [2.05, 4.69) is 6.07 Å². The molecule has 0 unspecified atom stereocenters. The fourth-order valence-corrected chi connectivity index (χ4v) is 4.03. The quantitative estimate of drug-likeness (QED) is 0.642. The molecule has 3 aromatic rings. The number of nitrogens with zero attached hydrogens (tertiary/aromatic N) is 2. The highest BCUT2D eigenvalue weighted by Gasteiger charge is 2.34. The van der Waals surface area contributed by atoms with Crippen LogP contribution in [0.3, 0.4) is 0 Å². The number of pyridine rings is 1. The topological polar surface area (TPSA) is 99.5 Å². The zero-order chi connectivity index (χ0) is 23.7. The number of rotatable bonds is 5. The predicted octanol–water partition coefficient (Wildman–Crippen LogP) is 3.58. The third kappa shape index (κ3) is 3.89. The smallest absolute Gasteiger partial charge is 0.259 e. The Kier molecular flexibility index (Phi) is 5.80. The monoisotopic (exact) mass is 447 g/mol. The van der Waals surface area contributed by atoms with Crippen LogP contribution in [0.15, 0.2) is 64.8 Å². The molecule has 33 heavy (non-hydrogen) atoms. The molecule has 7 nitrogen and oxygen atoms in total. The number of ether oxygens (including phenoxy) is 3. The lowest BCUT2D eigenvalue weighted by Gasteiger charge is -2.27. The molecule has 8 heteroatoms. The molecule has 2 N–H and O–H groups in total. The largest absolute Gasteiger partial charge is 0.493 e. The molecule has 2 aromatic carbocycles. The van der Waals surface area contributed by atoms with Gasteiger partial charge < -0.3 is 24.5 Å². The molecule has 168 valence electrons. The number of fused-ring (bicyclic) bond motifs is 1. The highest BCUT2D eigenvalue weighted by molar-refractivity contribution is 5.55. The molecular formula is C25H22FN3O4. The molecule has 1 aliphatic rings. The number of allylic oxidation sites excluding steroid dienone is 1. The fourth-order valence-electron chi connectivity index (χ4n) is 4.03. The van der Waals surface area contributed by atoms with Crippen LogP contribution in [0.25, 0.3) is 0 Å². The summed E-state index contributed by atoms with van der Waals surface area (Å²) in [4.78, 5) is 13.7. The van der Waals surface area contributed by atoms with E-state index in [-0.39, 0.29) is 34.9 Å². The summed E-state index contributed by atoms with van der Waals surface area (Å²) in [6.07, 6.45) is 0. The van der Waals surface area contributed by atoms with Crippen molar-refractivity contribution in [3.05, 3.63) is 98.5 Å². The van der Waals surface area contributed by atoms with E-state index in [1.54, 1.807) is 43.9 Å². The van der Waals surface area contributed by atoms with Gasteiger partial charge in [0.25, 0.3) is 5.56 Å². The van der Waals surface area contributed by atoms with Gasteiger partial charge in [0.2, 0.25) is 5.88 Å². The third-order valence-electron chi connectivity index (χ3n) is 5.68. The van der Waals surface area contributed by atoms with Crippen molar-refractivity contribution >= 4 is 0 Å². The van der Waals surface area contributed by atoms with Crippen LogP contribution >= 0.6 is 0 Å². The summed E-state index contributed by atoms with van der Waals surface area (Å²) in [5, 5.41) is 9.75. The zero-order valence-corrected chi connectivity index (χ0v) is 18.4. The maximum Gasteiger partial charge on any atom is 0.259 e. The molecular weight excluding hydrogens is 425 g/mol. The highest BCUT2D eigenvalue weighted by Crippen LogP contribution is 2.40. The number of hydrogen-bond donors (Lipinski definition) is 1. The minimum atomic E-state index is -0.774. The summed E-state index contributed by atoms with van der Waals surface area (Å²) in [6, 6.07) is 14.8. The summed E-state index contributed by atoms with van der Waals surface area (Å²) in [7, 11) is 3.10. The van der Waals surface area contributed by atoms with Crippen LogP contribution in [0.1, 0.15) is 28.3 Å². The lowest BCUT2D eigenvalue weighted by molar-refractivity contribution is 0.354. The molecule has 0 saturated carbocycles. The summed E-state index contributed by atoms with van der Waals surface area (Å²) in [5.74, 6) is 0.150. The molecule has 1 aliphatic heterocycles. The second-order valence-electron chi connectivity index (χ2n) is 7.62. The minimum absolute atomic E-state index is 0.0734. The molecule has 0 saturated heterocycles. The number of aryl methyl sites for hydroxylation is 1. The van der Waals surface area contributed by atoms with Crippen molar-refractivity contribution in [3.63, 3.8) is 0 Å². The van der Waals surface area contributed by atoms with Gasteiger partial charge in [0.1, 0.15) is 23.2 Å². The van der Waals surface area contributed by atoms with Gasteiger partial charge in [0.15, 0.2) is 11.5 Å². The Hall–Kier alpha value is -4.25. The number of benzene rings is 2. The minimum Gasteiger partial charge on any atom is -0.493 e. The average Bonchev–Trinajstić information content (AvgIpc) is 2.81. The van der Waals surface area contributed by atoms with Gasteiger partial charge in [-0.25, -0.2) is 4.39 Å². The lowest BCUT2D eigenvalue weighted by atomic mass is 9.84. The third-order valence-corrected chi connectivity index (χ3v) is 5.68. The van der Waals surface area contributed by atoms with Crippen molar-refractivity contribution < 1.29 is 18.6 Å². The van der Waals surface area contributed by atoms with Gasteiger partial charge in [0.05, 0.1) is 32.2 Å². The Balaban J connectivity index is 1.87. The van der Waals surface area contributed by atoms with Crippen LogP contribution in [0, 0.1) is 24.1 Å². The number of nitrogens with two attached hydrogens (primary N) is 1. The first-order chi connectivity index (χ1) is 15.9. The van der Waals surface area contributed by atoms with Crippen LogP contribution < -0.4 is 25.5 Å². The molecule has 0 radical (unpaired) electrons. The standard InChI is InChI=1S/C25H22FN3O4/c1-14-10-21-23(22(18(12-27)24(28)33-21)16-5-7-17(26)8-6-16)25(30)29(14)13-15-4-9-19(31-2)20(11-15)32-3/h4-11,22H,13,28H2,1-3H3/t22-/m0/s1. The Morgan fingerprint density at radius 3 is 2.45 bits per heavy atom. The first kappa shape index (κ1) is 22.0. The Morgan fingerprint density at radius 1 is 1.12 bits per heavy atom. The second kappa shape index (κ2) is 8.71. The number of aromatic nitrogens is 1. The van der Waals surface area contributed by atoms with Gasteiger partial charge >= 0.3 is 0 Å². The molecule has 0 aliphatic carbocycles. The lowest BCUT2D eigenvalue weighted by Crippen LogP contribution is -2.33. The van der Waals surface area contributed by atoms with Gasteiger partial charge in [0, 0.05) is 11.8 Å². The van der Waals surface area contributed by atoms with Gasteiger partial charge in [-0.15, -0.1) is 0 Å². The van der Waals surface area contributed by atoms with Gasteiger partial charge in [-0.2, -0.15) is 5.26 Å². The molecule has 1 aromatic heterocycles. The summed E-state index contributed by atoms with van der Waals surface area (Å²) >= 11 is 0. The summed E-state index contributed by atoms with van der Waals surface area (Å²) < 4.78 is 31.5. The van der Waals surface area contributed by atoms with Crippen molar-refractivity contribution in [2.24, 2.45) is 5.73 Å². The van der Waals surface area contributed by atoms with Crippen molar-refractivity contribution in [1.82, 2.24) is 4.57 Å². The average molecular weight is 447 g/mol. The SMILES string of the molecule is COc1ccc(Cn2c(C)cc3c(c2=O)[C@@H](c2ccc(F)cc2)C(C#N)=C(N)O3)cc1OC. The van der Waals surface area contributed by atoms with Crippen molar-refractivity contribution in [1.29, 1.82) is 5.26 Å². The highest BCUT2D eigenvalue weighted by atomic mass is 19.1. The van der Waals surface area contributed by atoms with Crippen molar-refractivity contribution in [3.8, 4) is 23.3 Å². The molecule has 0 bridgehead atoms. The van der Waals surface area contributed by atoms with Crippen LogP contribution in [0.4, 0.5) is 4.39 Å². The van der Waals surface area contributed by atoms with E-state index >= 15 is 0 Å². The summed E-state index contributed by atoms with van der Waals surface area (Å²) in [6.45, 7) is 2.05. The number of nitriles is 1. The van der Waals surface area contributed by atoms with Gasteiger partial charge in [-0.05, 0) is 42.3 Å². The van der Waals surface area contributed by atoms with Crippen molar-refractivity contribution in [2.45, 2.75) is 19.4 Å². The number of methoxy groups -OCH3 is 2. The van der Waals surface area contributed by atoms with E-state index in [0.717, 1.165) is 5.56 Å². The van der Waals surface area contributed by atoms with E-state index in [1.165, 1.54) is 24.3 Å². The van der Waals surface area contributed by atoms with E-state index < -0.39 is 11.7 Å². The maximum atomic E-state index is 13.7. The maximum absolute atomic E-state index is 13.7. The molecule has 1 atom stereocenters. The van der Waals surface area contributed by atoms with E-state index in [1.807, 2.05) is 6.07 Å². The predicted molar refractivity (Wildman–Crippen MR) is 120 cm³/mol. The normalized spacial score (nSPS) is 14.8. The molecule has 2 heterocycles. The number of halogens is 1. The molecule has 4 rings (SSSR count). The van der Waals surface area contributed by atoms with E-state index in [0.29, 0.717) is 22.8 Å². The molecule has 0 spiro atoms. The van der Waals surface area contributed by atoms with Crippen LogP contribution in [-0.4, -0.2) is 18.8 Å². The number of hydrogen-bond acceptors (Lipinski definition) is 6. The molecule has 0 fully saturated rings. The van der Waals surface area contributed by atoms with Crippen molar-refractivity contribution in [2.75, 3.05) is 14.2 Å². The zero-order valence-electron chi connectivity index (χ0n) is 18.4. The van der Waals surface area contributed by atoms with E-state index in [4.69, 9.17) is 19.9 Å². The van der Waals surface area contributed by atoms with Gasteiger partial charge in [-0.1, -0.05) is 18.2 Å². The summed E-state index contributed by atoms with van der Waals surface area (Å²) in [5.41, 5.74) is 8.11. The van der Waals surface area contributed by atoms with Crippen LogP contribution in [0.2, 0.25) is 0 Å². The van der Waals surface area contributed by atoms with Gasteiger partial charge in [-0.3, -0.25) is 4.79 Å². The second-order valence-corrected chi connectivity index (χ2v) is 7.62. The van der Waals surface area contributed by atoms with E-state index in [9.17, 15) is 14.4 Å².